The molecule has 5 nitrogen and oxygen atoms in total. The molecule has 1 aliphatic rings. The third kappa shape index (κ3) is 4.94. The summed E-state index contributed by atoms with van der Waals surface area (Å²) in [5.41, 5.74) is 0.541. The van der Waals surface area contributed by atoms with Crippen LogP contribution in [0.1, 0.15) is 46.1 Å². The van der Waals surface area contributed by atoms with Gasteiger partial charge in [-0.3, -0.25) is 0 Å². The molecule has 0 bridgehead atoms. The standard InChI is InChI=1S/C18H28N2O3/c1-14(20(22)13-15-9-6-5-7-10-15)16-11-8-12-19(16)17(21)23-18(2,3)4/h5-7,9-10,14,16,22H,8,11-13H2,1-4H3/t14-,16-/m0/s1. The van der Waals surface area contributed by atoms with Crippen LogP contribution in [-0.4, -0.2) is 45.5 Å². The number of hydrogen-bond acceptors (Lipinski definition) is 4. The molecule has 1 aliphatic heterocycles. The minimum atomic E-state index is -0.504. The monoisotopic (exact) mass is 320 g/mol. The largest absolute Gasteiger partial charge is 0.444 e. The Hall–Kier alpha value is -1.59. The number of nitrogens with zero attached hydrogens (tertiary/aromatic N) is 2. The van der Waals surface area contributed by atoms with E-state index >= 15 is 0 Å². The van der Waals surface area contributed by atoms with Gasteiger partial charge in [0.2, 0.25) is 0 Å². The minimum Gasteiger partial charge on any atom is -0.444 e. The van der Waals surface area contributed by atoms with Crippen LogP contribution in [0.4, 0.5) is 4.79 Å². The predicted molar refractivity (Wildman–Crippen MR) is 89.2 cm³/mol. The Morgan fingerprint density at radius 2 is 2.04 bits per heavy atom. The van der Waals surface area contributed by atoms with Gasteiger partial charge in [-0.1, -0.05) is 30.3 Å². The summed E-state index contributed by atoms with van der Waals surface area (Å²) in [4.78, 5) is 14.1. The van der Waals surface area contributed by atoms with Crippen LogP contribution in [0.5, 0.6) is 0 Å². The molecule has 1 N–H and O–H groups in total. The van der Waals surface area contributed by atoms with E-state index in [1.165, 1.54) is 5.06 Å². The Balaban J connectivity index is 1.99. The van der Waals surface area contributed by atoms with Gasteiger partial charge in [0.05, 0.1) is 12.1 Å². The zero-order chi connectivity index (χ0) is 17.0. The summed E-state index contributed by atoms with van der Waals surface area (Å²) in [7, 11) is 0. The number of ether oxygens (including phenoxy) is 1. The molecule has 0 radical (unpaired) electrons. The molecule has 0 saturated carbocycles. The molecule has 1 aromatic carbocycles. The molecular weight excluding hydrogens is 292 g/mol. The predicted octanol–water partition coefficient (Wildman–Crippen LogP) is 3.67. The number of hydroxylamine groups is 2. The fourth-order valence-corrected chi connectivity index (χ4v) is 2.95. The van der Waals surface area contributed by atoms with E-state index in [0.29, 0.717) is 13.1 Å². The van der Waals surface area contributed by atoms with E-state index in [9.17, 15) is 10.0 Å². The third-order valence-electron chi connectivity index (χ3n) is 4.14. The molecule has 5 heteroatoms. The van der Waals surface area contributed by atoms with Crippen molar-refractivity contribution in [1.29, 1.82) is 0 Å². The van der Waals surface area contributed by atoms with Gasteiger partial charge in [-0.15, -0.1) is 0 Å². The number of carbonyl (C=O) groups is 1. The van der Waals surface area contributed by atoms with E-state index < -0.39 is 5.60 Å². The summed E-state index contributed by atoms with van der Waals surface area (Å²) >= 11 is 0. The van der Waals surface area contributed by atoms with Crippen LogP contribution in [0.2, 0.25) is 0 Å². The lowest BCUT2D eigenvalue weighted by Gasteiger charge is -2.34. The average Bonchev–Trinajstić information content (AvgIpc) is 2.95. The van der Waals surface area contributed by atoms with Crippen LogP contribution in [-0.2, 0) is 11.3 Å². The van der Waals surface area contributed by atoms with Crippen molar-refractivity contribution in [3.05, 3.63) is 35.9 Å². The molecule has 1 aromatic rings. The second-order valence-corrected chi connectivity index (χ2v) is 7.21. The Morgan fingerprint density at radius 1 is 1.39 bits per heavy atom. The molecule has 23 heavy (non-hydrogen) atoms. The molecule has 0 aliphatic carbocycles. The lowest BCUT2D eigenvalue weighted by atomic mass is 10.1. The topological polar surface area (TPSA) is 53.0 Å². The highest BCUT2D eigenvalue weighted by Crippen LogP contribution is 2.25. The first kappa shape index (κ1) is 17.8. The highest BCUT2D eigenvalue weighted by molar-refractivity contribution is 5.69. The van der Waals surface area contributed by atoms with Crippen LogP contribution in [0.15, 0.2) is 30.3 Å². The van der Waals surface area contributed by atoms with Crippen molar-refractivity contribution in [2.45, 2.75) is 64.8 Å². The first-order valence-corrected chi connectivity index (χ1v) is 8.27. The van der Waals surface area contributed by atoms with Gasteiger partial charge in [-0.25, -0.2) is 4.79 Å². The number of carbonyl (C=O) groups excluding carboxylic acids is 1. The fraction of sp³-hybridized carbons (Fsp3) is 0.611. The molecule has 2 atom stereocenters. The maximum atomic E-state index is 12.4. The van der Waals surface area contributed by atoms with Gasteiger partial charge >= 0.3 is 6.09 Å². The SMILES string of the molecule is C[C@@H]([C@@H]1CCCN1C(=O)OC(C)(C)C)N(O)Cc1ccccc1. The molecule has 1 fully saturated rings. The van der Waals surface area contributed by atoms with E-state index in [2.05, 4.69) is 0 Å². The van der Waals surface area contributed by atoms with Crippen molar-refractivity contribution in [1.82, 2.24) is 9.96 Å². The maximum absolute atomic E-state index is 12.4. The summed E-state index contributed by atoms with van der Waals surface area (Å²) in [5, 5.41) is 11.7. The lowest BCUT2D eigenvalue weighted by Crippen LogP contribution is -2.49. The number of benzene rings is 1. The van der Waals surface area contributed by atoms with Crippen LogP contribution in [0.3, 0.4) is 0 Å². The lowest BCUT2D eigenvalue weighted by molar-refractivity contribution is -0.145. The second-order valence-electron chi connectivity index (χ2n) is 7.21. The highest BCUT2D eigenvalue weighted by atomic mass is 16.6. The molecule has 0 aromatic heterocycles. The number of rotatable bonds is 4. The molecule has 1 saturated heterocycles. The van der Waals surface area contributed by atoms with Gasteiger partial charge in [-0.2, -0.15) is 5.06 Å². The molecule has 2 rings (SSSR count). The summed E-state index contributed by atoms with van der Waals surface area (Å²) in [5.74, 6) is 0. The first-order valence-electron chi connectivity index (χ1n) is 8.27. The zero-order valence-electron chi connectivity index (χ0n) is 14.5. The summed E-state index contributed by atoms with van der Waals surface area (Å²) < 4.78 is 5.49. The van der Waals surface area contributed by atoms with Crippen LogP contribution < -0.4 is 0 Å². The van der Waals surface area contributed by atoms with Gasteiger partial charge < -0.3 is 14.8 Å². The Bertz CT molecular complexity index is 513. The Kier molecular flexibility index (Phi) is 5.65. The minimum absolute atomic E-state index is 0.0291. The Labute approximate surface area is 138 Å². The highest BCUT2D eigenvalue weighted by Gasteiger charge is 2.37. The Morgan fingerprint density at radius 3 is 2.65 bits per heavy atom. The van der Waals surface area contributed by atoms with Crippen LogP contribution in [0.25, 0.3) is 0 Å². The molecule has 128 valence electrons. The molecule has 1 heterocycles. The zero-order valence-corrected chi connectivity index (χ0v) is 14.5. The second kappa shape index (κ2) is 7.32. The van der Waals surface area contributed by atoms with Gasteiger partial charge in [0, 0.05) is 13.1 Å². The van der Waals surface area contributed by atoms with Gasteiger partial charge in [0.1, 0.15) is 5.60 Å². The molecule has 1 amide bonds. The number of hydrogen-bond donors (Lipinski definition) is 1. The molecule has 0 spiro atoms. The first-order chi connectivity index (χ1) is 10.8. The average molecular weight is 320 g/mol. The quantitative estimate of drug-likeness (QED) is 0.860. The fourth-order valence-electron chi connectivity index (χ4n) is 2.95. The van der Waals surface area contributed by atoms with Crippen molar-refractivity contribution in [2.75, 3.05) is 6.54 Å². The smallest absolute Gasteiger partial charge is 0.410 e. The van der Waals surface area contributed by atoms with Gasteiger partial charge in [-0.05, 0) is 46.1 Å². The van der Waals surface area contributed by atoms with E-state index in [0.717, 1.165) is 18.4 Å². The number of likely N-dealkylation sites (tertiary alicyclic amines) is 1. The third-order valence-corrected chi connectivity index (χ3v) is 4.14. The summed E-state index contributed by atoms with van der Waals surface area (Å²) in [6, 6.07) is 9.65. The van der Waals surface area contributed by atoms with Gasteiger partial charge in [0.25, 0.3) is 0 Å². The van der Waals surface area contributed by atoms with Crippen LogP contribution >= 0.6 is 0 Å². The van der Waals surface area contributed by atoms with E-state index in [1.54, 1.807) is 4.90 Å². The van der Waals surface area contributed by atoms with E-state index in [4.69, 9.17) is 4.74 Å². The molecular formula is C18H28N2O3. The normalized spacial score (nSPS) is 19.9. The van der Waals surface area contributed by atoms with Gasteiger partial charge in [0.15, 0.2) is 0 Å². The van der Waals surface area contributed by atoms with Crippen molar-refractivity contribution >= 4 is 6.09 Å². The number of amides is 1. The summed E-state index contributed by atoms with van der Waals surface area (Å²) in [6.07, 6.45) is 1.53. The van der Waals surface area contributed by atoms with Crippen molar-refractivity contribution in [3.63, 3.8) is 0 Å². The van der Waals surface area contributed by atoms with Crippen LogP contribution in [0, 0.1) is 0 Å². The van der Waals surface area contributed by atoms with Crippen molar-refractivity contribution in [3.8, 4) is 0 Å². The van der Waals surface area contributed by atoms with Crippen molar-refractivity contribution in [2.24, 2.45) is 0 Å². The summed E-state index contributed by atoms with van der Waals surface area (Å²) in [6.45, 7) is 8.69. The van der Waals surface area contributed by atoms with E-state index in [-0.39, 0.29) is 18.2 Å². The van der Waals surface area contributed by atoms with Crippen molar-refractivity contribution < 1.29 is 14.7 Å². The van der Waals surface area contributed by atoms with E-state index in [1.807, 2.05) is 58.0 Å². The maximum Gasteiger partial charge on any atom is 0.410 e. The molecule has 0 unspecified atom stereocenters.